The highest BCUT2D eigenvalue weighted by atomic mass is 32.2. The maximum absolute atomic E-state index is 13.0. The number of carbonyl (C=O) groups is 1. The zero-order valence-electron chi connectivity index (χ0n) is 18.4. The van der Waals surface area contributed by atoms with E-state index in [4.69, 9.17) is 4.84 Å². The van der Waals surface area contributed by atoms with Crippen LogP contribution in [0, 0.1) is 6.92 Å². The molecule has 2 heterocycles. The van der Waals surface area contributed by atoms with E-state index < -0.39 is 10.0 Å². The van der Waals surface area contributed by atoms with Gasteiger partial charge in [0.2, 0.25) is 0 Å². The first kappa shape index (κ1) is 23.6. The minimum absolute atomic E-state index is 0.0709. The summed E-state index contributed by atoms with van der Waals surface area (Å²) in [6, 6.07) is 10.1. The number of rotatable bonds is 7. The van der Waals surface area contributed by atoms with Crippen LogP contribution in [0.5, 0.6) is 0 Å². The number of sulfonamides is 1. The van der Waals surface area contributed by atoms with Crippen LogP contribution in [0.15, 0.2) is 58.1 Å². The minimum atomic E-state index is -3.82. The molecule has 0 N–H and O–H groups in total. The van der Waals surface area contributed by atoms with Gasteiger partial charge in [-0.05, 0) is 36.2 Å². The molecule has 1 amide bonds. The molecule has 0 aliphatic rings. The van der Waals surface area contributed by atoms with E-state index in [0.717, 1.165) is 32.2 Å². The summed E-state index contributed by atoms with van der Waals surface area (Å²) in [5, 5.41) is 1.16. The van der Waals surface area contributed by atoms with Gasteiger partial charge in [-0.15, -0.1) is 15.7 Å². The SMILES string of the molecule is CON(C)C(=O)c1sc(-c2cccnc2)c(C)c1-c1ccc(S(=O)(=O)N=CN(C)C)cc1. The quantitative estimate of drug-likeness (QED) is 0.296. The van der Waals surface area contributed by atoms with Crippen molar-refractivity contribution in [3.05, 3.63) is 59.2 Å². The number of hydrogen-bond acceptors (Lipinski definition) is 6. The number of nitrogens with zero attached hydrogens (tertiary/aromatic N) is 4. The molecule has 10 heteroatoms. The Bertz CT molecular complexity index is 1230. The molecule has 0 bridgehead atoms. The van der Waals surface area contributed by atoms with Crippen molar-refractivity contribution in [1.29, 1.82) is 0 Å². The summed E-state index contributed by atoms with van der Waals surface area (Å²) >= 11 is 1.35. The van der Waals surface area contributed by atoms with Gasteiger partial charge in [-0.25, -0.2) is 5.06 Å². The van der Waals surface area contributed by atoms with Crippen molar-refractivity contribution in [1.82, 2.24) is 14.9 Å². The fraction of sp³-hybridized carbons (Fsp3) is 0.227. The molecular weight excluding hydrogens is 448 g/mol. The van der Waals surface area contributed by atoms with Crippen LogP contribution < -0.4 is 0 Å². The zero-order valence-corrected chi connectivity index (χ0v) is 20.1. The van der Waals surface area contributed by atoms with Crippen LogP contribution >= 0.6 is 11.3 Å². The predicted octanol–water partition coefficient (Wildman–Crippen LogP) is 3.70. The molecule has 0 saturated heterocycles. The molecule has 0 spiro atoms. The summed E-state index contributed by atoms with van der Waals surface area (Å²) in [5.41, 5.74) is 3.24. The van der Waals surface area contributed by atoms with Gasteiger partial charge in [0.15, 0.2) is 0 Å². The Morgan fingerprint density at radius 1 is 1.12 bits per heavy atom. The number of thiophene rings is 1. The second-order valence-electron chi connectivity index (χ2n) is 7.17. The van der Waals surface area contributed by atoms with Gasteiger partial charge in [0, 0.05) is 49.5 Å². The van der Waals surface area contributed by atoms with E-state index in [1.165, 1.54) is 36.9 Å². The first-order valence-electron chi connectivity index (χ1n) is 9.59. The maximum Gasteiger partial charge on any atom is 0.287 e. The van der Waals surface area contributed by atoms with Crippen molar-refractivity contribution in [2.24, 2.45) is 4.40 Å². The molecule has 0 fully saturated rings. The van der Waals surface area contributed by atoms with E-state index in [2.05, 4.69) is 9.38 Å². The number of aromatic nitrogens is 1. The first-order valence-corrected chi connectivity index (χ1v) is 11.8. The highest BCUT2D eigenvalue weighted by molar-refractivity contribution is 7.90. The molecule has 1 aromatic carbocycles. The number of pyridine rings is 1. The standard InChI is InChI=1S/C22H24N4O4S2/c1-15-19(16-8-10-18(11-9-16)32(28,29)24-14-25(2)3)21(22(27)26(4)30-5)31-20(15)17-7-6-12-23-13-17/h6-14H,1-5H3. The minimum Gasteiger partial charge on any atom is -0.368 e. The molecule has 0 atom stereocenters. The third kappa shape index (κ3) is 4.87. The summed E-state index contributed by atoms with van der Waals surface area (Å²) in [6.45, 7) is 1.93. The topological polar surface area (TPSA) is 92.2 Å². The Balaban J connectivity index is 2.12. The second-order valence-corrected chi connectivity index (χ2v) is 9.82. The van der Waals surface area contributed by atoms with Gasteiger partial charge in [-0.3, -0.25) is 14.6 Å². The van der Waals surface area contributed by atoms with Gasteiger partial charge in [0.1, 0.15) is 11.2 Å². The molecule has 3 aromatic rings. The summed E-state index contributed by atoms with van der Waals surface area (Å²) in [7, 11) is 2.53. The lowest BCUT2D eigenvalue weighted by Crippen LogP contribution is -2.25. The van der Waals surface area contributed by atoms with E-state index in [1.807, 2.05) is 19.1 Å². The smallest absolute Gasteiger partial charge is 0.287 e. The molecule has 3 rings (SSSR count). The van der Waals surface area contributed by atoms with Crippen LogP contribution in [0.1, 0.15) is 15.2 Å². The Labute approximate surface area is 191 Å². The van der Waals surface area contributed by atoms with E-state index in [1.54, 1.807) is 50.6 Å². The van der Waals surface area contributed by atoms with Crippen molar-refractivity contribution >= 4 is 33.6 Å². The zero-order chi connectivity index (χ0) is 23.5. The van der Waals surface area contributed by atoms with Crippen molar-refractivity contribution in [2.45, 2.75) is 11.8 Å². The highest BCUT2D eigenvalue weighted by Crippen LogP contribution is 2.42. The van der Waals surface area contributed by atoms with Crippen LogP contribution in [0.4, 0.5) is 0 Å². The number of hydrogen-bond donors (Lipinski definition) is 0. The van der Waals surface area contributed by atoms with Gasteiger partial charge in [0.05, 0.1) is 12.0 Å². The van der Waals surface area contributed by atoms with Gasteiger partial charge < -0.3 is 4.90 Å². The largest absolute Gasteiger partial charge is 0.368 e. The Morgan fingerprint density at radius 2 is 1.81 bits per heavy atom. The van der Waals surface area contributed by atoms with E-state index in [9.17, 15) is 13.2 Å². The number of benzene rings is 1. The molecule has 0 aliphatic heterocycles. The molecule has 2 aromatic heterocycles. The van der Waals surface area contributed by atoms with Crippen LogP contribution in [-0.4, -0.2) is 63.9 Å². The van der Waals surface area contributed by atoms with Crippen molar-refractivity contribution < 1.29 is 18.0 Å². The third-order valence-corrected chi connectivity index (χ3v) is 7.25. The molecule has 168 valence electrons. The summed E-state index contributed by atoms with van der Waals surface area (Å²) < 4.78 is 28.5. The van der Waals surface area contributed by atoms with E-state index >= 15 is 0 Å². The summed E-state index contributed by atoms with van der Waals surface area (Å²) in [6.07, 6.45) is 4.68. The Kier molecular flexibility index (Phi) is 7.07. The molecule has 0 saturated carbocycles. The molecule has 8 nitrogen and oxygen atoms in total. The normalized spacial score (nSPS) is 11.7. The third-order valence-electron chi connectivity index (χ3n) is 4.68. The van der Waals surface area contributed by atoms with Crippen LogP contribution in [-0.2, 0) is 14.9 Å². The molecular formula is C22H24N4O4S2. The Hall–Kier alpha value is -3.08. The second kappa shape index (κ2) is 9.60. The average molecular weight is 473 g/mol. The molecule has 0 radical (unpaired) electrons. The fourth-order valence-corrected chi connectivity index (χ4v) is 5.22. The number of carbonyl (C=O) groups excluding carboxylic acids is 1. The van der Waals surface area contributed by atoms with Gasteiger partial charge >= 0.3 is 0 Å². The lowest BCUT2D eigenvalue weighted by atomic mass is 9.99. The lowest BCUT2D eigenvalue weighted by Gasteiger charge is -2.14. The molecule has 0 unspecified atom stereocenters. The molecule has 32 heavy (non-hydrogen) atoms. The van der Waals surface area contributed by atoms with Gasteiger partial charge in [0.25, 0.3) is 15.9 Å². The van der Waals surface area contributed by atoms with Crippen molar-refractivity contribution in [3.8, 4) is 21.6 Å². The number of hydroxylamine groups is 2. The monoisotopic (exact) mass is 472 g/mol. The van der Waals surface area contributed by atoms with Crippen molar-refractivity contribution in [3.63, 3.8) is 0 Å². The number of amides is 1. The van der Waals surface area contributed by atoms with Gasteiger partial charge in [-0.1, -0.05) is 18.2 Å². The average Bonchev–Trinajstić information content (AvgIpc) is 3.14. The van der Waals surface area contributed by atoms with Crippen LogP contribution in [0.3, 0.4) is 0 Å². The first-order chi connectivity index (χ1) is 15.2. The molecule has 0 aliphatic carbocycles. The van der Waals surface area contributed by atoms with E-state index in [-0.39, 0.29) is 10.8 Å². The lowest BCUT2D eigenvalue weighted by molar-refractivity contribution is -0.0753. The van der Waals surface area contributed by atoms with Crippen molar-refractivity contribution in [2.75, 3.05) is 28.3 Å². The van der Waals surface area contributed by atoms with Crippen LogP contribution in [0.2, 0.25) is 0 Å². The highest BCUT2D eigenvalue weighted by Gasteiger charge is 2.25. The fourth-order valence-electron chi connectivity index (χ4n) is 3.02. The van der Waals surface area contributed by atoms with E-state index in [0.29, 0.717) is 4.88 Å². The predicted molar refractivity (Wildman–Crippen MR) is 126 cm³/mol. The Morgan fingerprint density at radius 3 is 2.38 bits per heavy atom. The summed E-state index contributed by atoms with van der Waals surface area (Å²) in [4.78, 5) is 25.3. The summed E-state index contributed by atoms with van der Waals surface area (Å²) in [5.74, 6) is -0.293. The van der Waals surface area contributed by atoms with Crippen LogP contribution in [0.25, 0.3) is 21.6 Å². The maximum atomic E-state index is 13.0. The van der Waals surface area contributed by atoms with Gasteiger partial charge in [-0.2, -0.15) is 8.42 Å².